The van der Waals surface area contributed by atoms with Gasteiger partial charge in [0.2, 0.25) is 5.91 Å². The van der Waals surface area contributed by atoms with E-state index in [0.29, 0.717) is 5.82 Å². The smallest absolute Gasteiger partial charge is 0.324 e. The van der Waals surface area contributed by atoms with Crippen LogP contribution in [0.4, 0.5) is 18.9 Å². The third-order valence-corrected chi connectivity index (χ3v) is 3.94. The Morgan fingerprint density at radius 2 is 1.96 bits per heavy atom. The number of hydrogen-bond acceptors (Lipinski definition) is 2. The van der Waals surface area contributed by atoms with Crippen LogP contribution in [0.2, 0.25) is 5.02 Å². The number of halogens is 4. The zero-order valence-electron chi connectivity index (χ0n) is 13.1. The topological polar surface area (TPSA) is 46.9 Å². The number of carbonyl (C=O) groups excluding carboxylic acids is 1. The molecule has 0 fully saturated rings. The van der Waals surface area contributed by atoms with E-state index >= 15 is 0 Å². The Bertz CT molecular complexity index is 950. The monoisotopic (exact) mass is 367 g/mol. The Hall–Kier alpha value is -2.54. The third kappa shape index (κ3) is 3.61. The van der Waals surface area contributed by atoms with Crippen LogP contribution in [0.3, 0.4) is 0 Å². The van der Waals surface area contributed by atoms with Crippen molar-refractivity contribution in [3.63, 3.8) is 0 Å². The van der Waals surface area contributed by atoms with Crippen molar-refractivity contribution in [3.05, 3.63) is 58.9 Å². The molecule has 1 aromatic heterocycles. The summed E-state index contributed by atoms with van der Waals surface area (Å²) >= 11 is 5.64. The Labute approximate surface area is 146 Å². The van der Waals surface area contributed by atoms with Crippen LogP contribution in [0.25, 0.3) is 11.0 Å². The number of aromatic nitrogens is 2. The van der Waals surface area contributed by atoms with Gasteiger partial charge in [-0.2, -0.15) is 13.2 Å². The van der Waals surface area contributed by atoms with Crippen LogP contribution in [-0.2, 0) is 17.5 Å². The Balaban J connectivity index is 1.87. The van der Waals surface area contributed by atoms with Crippen LogP contribution in [0.15, 0.2) is 42.5 Å². The molecule has 0 atom stereocenters. The Morgan fingerprint density at radius 1 is 1.24 bits per heavy atom. The molecular weight excluding hydrogens is 355 g/mol. The van der Waals surface area contributed by atoms with Gasteiger partial charge in [0.25, 0.3) is 0 Å². The van der Waals surface area contributed by atoms with Gasteiger partial charge in [0.05, 0.1) is 22.3 Å². The van der Waals surface area contributed by atoms with Gasteiger partial charge in [-0.05, 0) is 37.3 Å². The molecule has 2 aromatic carbocycles. The summed E-state index contributed by atoms with van der Waals surface area (Å²) in [6.45, 7) is 1.59. The second kappa shape index (κ2) is 6.40. The number of hydrogen-bond donors (Lipinski definition) is 1. The second-order valence-corrected chi connectivity index (χ2v) is 5.91. The highest BCUT2D eigenvalue weighted by Crippen LogP contribution is 2.36. The van der Waals surface area contributed by atoms with Gasteiger partial charge in [0.15, 0.2) is 0 Å². The Morgan fingerprint density at radius 3 is 2.68 bits per heavy atom. The van der Waals surface area contributed by atoms with Gasteiger partial charge in [-0.3, -0.25) is 4.79 Å². The highest BCUT2D eigenvalue weighted by molar-refractivity contribution is 6.30. The minimum Gasteiger partial charge on any atom is -0.324 e. The average Bonchev–Trinajstić information content (AvgIpc) is 2.84. The summed E-state index contributed by atoms with van der Waals surface area (Å²) in [4.78, 5) is 16.6. The summed E-state index contributed by atoms with van der Waals surface area (Å²) in [5.74, 6) is 0.0163. The predicted octanol–water partition coefficient (Wildman–Crippen LogP) is 4.66. The SMILES string of the molecule is Cc1nc2ccccc2n1CC(=O)Nc1ccc(Cl)cc1C(F)(F)F. The normalized spacial score (nSPS) is 11.7. The number of anilines is 1. The van der Waals surface area contributed by atoms with Gasteiger partial charge in [-0.25, -0.2) is 4.98 Å². The first-order chi connectivity index (χ1) is 11.8. The van der Waals surface area contributed by atoms with Crippen molar-refractivity contribution in [1.29, 1.82) is 0 Å². The van der Waals surface area contributed by atoms with Crippen LogP contribution in [0.1, 0.15) is 11.4 Å². The van der Waals surface area contributed by atoms with Crippen LogP contribution in [-0.4, -0.2) is 15.5 Å². The van der Waals surface area contributed by atoms with E-state index in [4.69, 9.17) is 11.6 Å². The summed E-state index contributed by atoms with van der Waals surface area (Å²) in [6.07, 6.45) is -4.62. The maximum absolute atomic E-state index is 13.1. The number of aryl methyl sites for hydroxylation is 1. The van der Waals surface area contributed by atoms with Crippen molar-refractivity contribution in [2.45, 2.75) is 19.6 Å². The third-order valence-electron chi connectivity index (χ3n) is 3.71. The molecule has 130 valence electrons. The van der Waals surface area contributed by atoms with Crippen LogP contribution in [0.5, 0.6) is 0 Å². The molecule has 0 bridgehead atoms. The number of alkyl halides is 3. The summed E-state index contributed by atoms with van der Waals surface area (Å²) in [7, 11) is 0. The molecular formula is C17H13ClF3N3O. The van der Waals surface area contributed by atoms with Crippen molar-refractivity contribution in [1.82, 2.24) is 9.55 Å². The van der Waals surface area contributed by atoms with E-state index in [9.17, 15) is 18.0 Å². The first kappa shape index (κ1) is 17.3. The summed E-state index contributed by atoms with van der Waals surface area (Å²) in [6, 6.07) is 10.5. The lowest BCUT2D eigenvalue weighted by atomic mass is 10.1. The van der Waals surface area contributed by atoms with E-state index in [2.05, 4.69) is 10.3 Å². The summed E-state index contributed by atoms with van der Waals surface area (Å²) < 4.78 is 41.0. The van der Waals surface area contributed by atoms with E-state index < -0.39 is 17.6 Å². The molecule has 0 aliphatic rings. The van der Waals surface area contributed by atoms with Gasteiger partial charge in [-0.1, -0.05) is 23.7 Å². The number of rotatable bonds is 3. The molecule has 0 spiro atoms. The number of fused-ring (bicyclic) bond motifs is 1. The first-order valence-corrected chi connectivity index (χ1v) is 7.72. The summed E-state index contributed by atoms with van der Waals surface area (Å²) in [5.41, 5.74) is 0.141. The molecule has 0 radical (unpaired) electrons. The van der Waals surface area contributed by atoms with Crippen molar-refractivity contribution in [3.8, 4) is 0 Å². The number of benzene rings is 2. The van der Waals surface area contributed by atoms with Gasteiger partial charge in [0.1, 0.15) is 12.4 Å². The lowest BCUT2D eigenvalue weighted by molar-refractivity contribution is -0.137. The highest BCUT2D eigenvalue weighted by atomic mass is 35.5. The van der Waals surface area contributed by atoms with E-state index in [1.165, 1.54) is 6.07 Å². The average molecular weight is 368 g/mol. The maximum atomic E-state index is 13.1. The molecule has 8 heteroatoms. The zero-order valence-corrected chi connectivity index (χ0v) is 13.8. The zero-order chi connectivity index (χ0) is 18.2. The van der Waals surface area contributed by atoms with Gasteiger partial charge < -0.3 is 9.88 Å². The molecule has 0 saturated heterocycles. The second-order valence-electron chi connectivity index (χ2n) is 5.47. The van der Waals surface area contributed by atoms with E-state index in [0.717, 1.165) is 23.2 Å². The predicted molar refractivity (Wildman–Crippen MR) is 89.6 cm³/mol. The molecule has 25 heavy (non-hydrogen) atoms. The molecule has 1 heterocycles. The first-order valence-electron chi connectivity index (χ1n) is 7.34. The van der Waals surface area contributed by atoms with Gasteiger partial charge in [-0.15, -0.1) is 0 Å². The number of carbonyl (C=O) groups is 1. The number of amides is 1. The fraction of sp³-hybridized carbons (Fsp3) is 0.176. The highest BCUT2D eigenvalue weighted by Gasteiger charge is 2.34. The molecule has 4 nitrogen and oxygen atoms in total. The molecule has 1 amide bonds. The number of nitrogens with zero attached hydrogens (tertiary/aromatic N) is 2. The van der Waals surface area contributed by atoms with Gasteiger partial charge in [0, 0.05) is 5.02 Å². The van der Waals surface area contributed by atoms with E-state index in [-0.39, 0.29) is 17.3 Å². The quantitative estimate of drug-likeness (QED) is 0.732. The van der Waals surface area contributed by atoms with E-state index in [1.807, 2.05) is 6.07 Å². The largest absolute Gasteiger partial charge is 0.418 e. The molecule has 1 N–H and O–H groups in total. The molecule has 0 saturated carbocycles. The van der Waals surface area contributed by atoms with Crippen molar-refractivity contribution >= 4 is 34.2 Å². The number of para-hydroxylation sites is 2. The molecule has 0 aliphatic carbocycles. The van der Waals surface area contributed by atoms with Crippen LogP contribution >= 0.6 is 11.6 Å². The maximum Gasteiger partial charge on any atom is 0.418 e. The number of nitrogens with one attached hydrogen (secondary N) is 1. The van der Waals surface area contributed by atoms with Crippen LogP contribution < -0.4 is 5.32 Å². The molecule has 0 unspecified atom stereocenters. The van der Waals surface area contributed by atoms with Crippen LogP contribution in [0, 0.1) is 6.92 Å². The molecule has 3 aromatic rings. The molecule has 0 aliphatic heterocycles. The summed E-state index contributed by atoms with van der Waals surface area (Å²) in [5, 5.41) is 2.25. The van der Waals surface area contributed by atoms with E-state index in [1.54, 1.807) is 29.7 Å². The van der Waals surface area contributed by atoms with Crippen molar-refractivity contribution in [2.75, 3.05) is 5.32 Å². The minimum atomic E-state index is -4.62. The van der Waals surface area contributed by atoms with Gasteiger partial charge >= 0.3 is 6.18 Å². The lowest BCUT2D eigenvalue weighted by Crippen LogP contribution is -2.21. The van der Waals surface area contributed by atoms with Crippen molar-refractivity contribution in [2.24, 2.45) is 0 Å². The molecule has 3 rings (SSSR count). The lowest BCUT2D eigenvalue weighted by Gasteiger charge is -2.15. The standard InChI is InChI=1S/C17H13ClF3N3O/c1-10-22-14-4-2-3-5-15(14)24(10)9-16(25)23-13-7-6-11(18)8-12(13)17(19,20)21/h2-8H,9H2,1H3,(H,23,25). The van der Waals surface area contributed by atoms with Crippen molar-refractivity contribution < 1.29 is 18.0 Å². The number of imidazole rings is 1. The minimum absolute atomic E-state index is 0.0539. The Kier molecular flexibility index (Phi) is 4.43. The fourth-order valence-electron chi connectivity index (χ4n) is 2.59. The fourth-order valence-corrected chi connectivity index (χ4v) is 2.76.